The Morgan fingerprint density at radius 3 is 2.75 bits per heavy atom. The molecule has 130 valence electrons. The Morgan fingerprint density at radius 2 is 2.08 bits per heavy atom. The van der Waals surface area contributed by atoms with Crippen LogP contribution in [0.3, 0.4) is 0 Å². The van der Waals surface area contributed by atoms with E-state index in [1.807, 2.05) is 29.2 Å². The Balaban J connectivity index is 1.81. The van der Waals surface area contributed by atoms with Crippen LogP contribution in [0.25, 0.3) is 6.08 Å². The molecule has 2 rings (SSSR count). The molecule has 1 aromatic carbocycles. The number of hydrogen-bond acceptors (Lipinski definition) is 4. The van der Waals surface area contributed by atoms with Crippen molar-refractivity contribution in [1.82, 2.24) is 4.90 Å². The summed E-state index contributed by atoms with van der Waals surface area (Å²) in [5.74, 6) is 0.391. The van der Waals surface area contributed by atoms with Crippen LogP contribution < -0.4 is 5.32 Å². The highest BCUT2D eigenvalue weighted by molar-refractivity contribution is 5.87. The smallest absolute Gasteiger partial charge is 0.330 e. The van der Waals surface area contributed by atoms with Crippen molar-refractivity contribution in [2.45, 2.75) is 26.7 Å². The number of hydrogen-bond donors (Lipinski definition) is 1. The van der Waals surface area contributed by atoms with Gasteiger partial charge in [0, 0.05) is 24.9 Å². The first-order chi connectivity index (χ1) is 11.6. The van der Waals surface area contributed by atoms with Crippen LogP contribution in [-0.4, -0.2) is 43.0 Å². The molecule has 24 heavy (non-hydrogen) atoms. The minimum absolute atomic E-state index is 0.146. The summed E-state index contributed by atoms with van der Waals surface area (Å²) in [6.07, 6.45) is 5.42. The van der Waals surface area contributed by atoms with Gasteiger partial charge in [0.2, 0.25) is 5.91 Å². The number of nitrogens with zero attached hydrogens (tertiary/aromatic N) is 1. The fourth-order valence-electron chi connectivity index (χ4n) is 2.77. The van der Waals surface area contributed by atoms with Crippen LogP contribution in [-0.2, 0) is 14.3 Å². The van der Waals surface area contributed by atoms with Gasteiger partial charge in [-0.3, -0.25) is 4.79 Å². The molecule has 0 saturated carbocycles. The van der Waals surface area contributed by atoms with Gasteiger partial charge in [0.15, 0.2) is 0 Å². The molecule has 0 aromatic heterocycles. The van der Waals surface area contributed by atoms with E-state index in [-0.39, 0.29) is 11.9 Å². The van der Waals surface area contributed by atoms with Crippen molar-refractivity contribution in [3.63, 3.8) is 0 Å². The maximum atomic E-state index is 12.2. The molecule has 1 amide bonds. The van der Waals surface area contributed by atoms with E-state index in [0.717, 1.165) is 30.8 Å². The van der Waals surface area contributed by atoms with Crippen molar-refractivity contribution in [2.75, 3.05) is 31.6 Å². The lowest BCUT2D eigenvalue weighted by molar-refractivity contribution is -0.137. The van der Waals surface area contributed by atoms with Gasteiger partial charge < -0.3 is 15.0 Å². The molecule has 1 aliphatic heterocycles. The summed E-state index contributed by atoms with van der Waals surface area (Å²) >= 11 is 0. The predicted molar refractivity (Wildman–Crippen MR) is 95.6 cm³/mol. The number of piperidine rings is 1. The molecular formula is C19H26N2O3. The van der Waals surface area contributed by atoms with Crippen LogP contribution in [0.1, 0.15) is 32.3 Å². The second-order valence-corrected chi connectivity index (χ2v) is 6.15. The van der Waals surface area contributed by atoms with Crippen LogP contribution in [0.5, 0.6) is 0 Å². The lowest BCUT2D eigenvalue weighted by atomic mass is 10.0. The molecule has 0 aliphatic carbocycles. The van der Waals surface area contributed by atoms with Crippen molar-refractivity contribution < 1.29 is 14.3 Å². The van der Waals surface area contributed by atoms with E-state index in [0.29, 0.717) is 19.1 Å². The number of amides is 1. The van der Waals surface area contributed by atoms with Crippen LogP contribution in [0.2, 0.25) is 0 Å². The molecule has 1 saturated heterocycles. The SMILES string of the molecule is CCOC(=O)/C=C/c1ccc(NCC(=O)N2CCCC(C)C2)cc1. The van der Waals surface area contributed by atoms with Crippen molar-refractivity contribution in [2.24, 2.45) is 5.92 Å². The molecular weight excluding hydrogens is 304 g/mol. The highest BCUT2D eigenvalue weighted by atomic mass is 16.5. The number of likely N-dealkylation sites (tertiary alicyclic amines) is 1. The van der Waals surface area contributed by atoms with E-state index in [2.05, 4.69) is 12.2 Å². The number of anilines is 1. The highest BCUT2D eigenvalue weighted by Gasteiger charge is 2.20. The molecule has 0 bridgehead atoms. The van der Waals surface area contributed by atoms with Crippen LogP contribution >= 0.6 is 0 Å². The second kappa shape index (κ2) is 9.11. The van der Waals surface area contributed by atoms with Gasteiger partial charge in [-0.1, -0.05) is 19.1 Å². The van der Waals surface area contributed by atoms with E-state index < -0.39 is 0 Å². The molecule has 1 fully saturated rings. The Hall–Kier alpha value is -2.30. The topological polar surface area (TPSA) is 58.6 Å². The standard InChI is InChI=1S/C19H26N2O3/c1-3-24-19(23)11-8-16-6-9-17(10-7-16)20-13-18(22)21-12-4-5-15(2)14-21/h6-11,15,20H,3-5,12-14H2,1-2H3/b11-8+. The average Bonchev–Trinajstić information content (AvgIpc) is 2.59. The summed E-state index contributed by atoms with van der Waals surface area (Å²) in [6, 6.07) is 7.59. The van der Waals surface area contributed by atoms with Gasteiger partial charge in [0.25, 0.3) is 0 Å². The van der Waals surface area contributed by atoms with Crippen molar-refractivity contribution in [1.29, 1.82) is 0 Å². The van der Waals surface area contributed by atoms with Crippen molar-refractivity contribution in [3.8, 4) is 0 Å². The van der Waals surface area contributed by atoms with E-state index in [1.165, 1.54) is 12.5 Å². The third-order valence-electron chi connectivity index (χ3n) is 4.06. The number of carbonyl (C=O) groups excluding carboxylic acids is 2. The normalized spacial score (nSPS) is 17.8. The van der Waals surface area contributed by atoms with Crippen LogP contribution in [0, 0.1) is 5.92 Å². The van der Waals surface area contributed by atoms with Gasteiger partial charge in [0.05, 0.1) is 13.2 Å². The van der Waals surface area contributed by atoms with Crippen LogP contribution in [0.15, 0.2) is 30.3 Å². The Morgan fingerprint density at radius 1 is 1.33 bits per heavy atom. The summed E-state index contributed by atoms with van der Waals surface area (Å²) in [5, 5.41) is 3.16. The van der Waals surface area contributed by atoms with E-state index in [1.54, 1.807) is 13.0 Å². The maximum Gasteiger partial charge on any atom is 0.330 e. The summed E-state index contributed by atoms with van der Waals surface area (Å²) in [4.78, 5) is 25.4. The number of rotatable bonds is 6. The molecule has 0 radical (unpaired) electrons. The van der Waals surface area contributed by atoms with Gasteiger partial charge in [-0.15, -0.1) is 0 Å². The van der Waals surface area contributed by atoms with E-state index in [4.69, 9.17) is 4.74 Å². The molecule has 5 heteroatoms. The Labute approximate surface area is 143 Å². The Kier molecular flexibility index (Phi) is 6.85. The summed E-state index contributed by atoms with van der Waals surface area (Å²) in [5.41, 5.74) is 1.80. The fraction of sp³-hybridized carbons (Fsp3) is 0.474. The predicted octanol–water partition coefficient (Wildman–Crippen LogP) is 2.93. The first-order valence-corrected chi connectivity index (χ1v) is 8.55. The zero-order valence-corrected chi connectivity index (χ0v) is 14.5. The quantitative estimate of drug-likeness (QED) is 0.643. The maximum absolute atomic E-state index is 12.2. The highest BCUT2D eigenvalue weighted by Crippen LogP contribution is 2.16. The molecule has 0 spiro atoms. The third-order valence-corrected chi connectivity index (χ3v) is 4.06. The lowest BCUT2D eigenvalue weighted by Crippen LogP contribution is -2.41. The molecule has 1 heterocycles. The minimum Gasteiger partial charge on any atom is -0.463 e. The average molecular weight is 330 g/mol. The minimum atomic E-state index is -0.346. The first-order valence-electron chi connectivity index (χ1n) is 8.55. The number of carbonyl (C=O) groups is 2. The zero-order chi connectivity index (χ0) is 17.4. The van der Waals surface area contributed by atoms with Gasteiger partial charge in [0.1, 0.15) is 0 Å². The molecule has 5 nitrogen and oxygen atoms in total. The fourth-order valence-corrected chi connectivity index (χ4v) is 2.77. The van der Waals surface area contributed by atoms with Gasteiger partial charge in [-0.2, -0.15) is 0 Å². The Bertz CT molecular complexity index is 581. The van der Waals surface area contributed by atoms with Gasteiger partial charge >= 0.3 is 5.97 Å². The summed E-state index contributed by atoms with van der Waals surface area (Å²) in [6.45, 7) is 6.37. The van der Waals surface area contributed by atoms with Gasteiger partial charge in [-0.25, -0.2) is 4.79 Å². The van der Waals surface area contributed by atoms with E-state index in [9.17, 15) is 9.59 Å². The molecule has 1 aromatic rings. The molecule has 1 N–H and O–H groups in total. The monoisotopic (exact) mass is 330 g/mol. The molecule has 1 unspecified atom stereocenters. The number of ether oxygens (including phenoxy) is 1. The van der Waals surface area contributed by atoms with Crippen molar-refractivity contribution in [3.05, 3.63) is 35.9 Å². The summed E-state index contributed by atoms with van der Waals surface area (Å²) < 4.78 is 4.84. The zero-order valence-electron chi connectivity index (χ0n) is 14.5. The lowest BCUT2D eigenvalue weighted by Gasteiger charge is -2.31. The second-order valence-electron chi connectivity index (χ2n) is 6.15. The van der Waals surface area contributed by atoms with Crippen molar-refractivity contribution >= 4 is 23.6 Å². The molecule has 1 atom stereocenters. The number of esters is 1. The third kappa shape index (κ3) is 5.72. The van der Waals surface area contributed by atoms with Crippen LogP contribution in [0.4, 0.5) is 5.69 Å². The van der Waals surface area contributed by atoms with Gasteiger partial charge in [-0.05, 0) is 49.5 Å². The number of nitrogens with one attached hydrogen (secondary N) is 1. The largest absolute Gasteiger partial charge is 0.463 e. The summed E-state index contributed by atoms with van der Waals surface area (Å²) in [7, 11) is 0. The number of benzene rings is 1. The van der Waals surface area contributed by atoms with E-state index >= 15 is 0 Å². The first kappa shape index (κ1) is 18.0. The molecule has 1 aliphatic rings.